The second-order valence-electron chi connectivity index (χ2n) is 14.2. The minimum Gasteiger partial charge on any atom is -0.310 e. The predicted molar refractivity (Wildman–Crippen MR) is 201 cm³/mol. The molecule has 1 aliphatic carbocycles. The molecule has 4 nitrogen and oxygen atoms in total. The Kier molecular flexibility index (Phi) is 6.47. The highest BCUT2D eigenvalue weighted by Crippen LogP contribution is 2.57. The second kappa shape index (κ2) is 10.8. The molecule has 0 radical (unpaired) electrons. The first kappa shape index (κ1) is 29.3. The summed E-state index contributed by atoms with van der Waals surface area (Å²) in [6.07, 6.45) is 0. The maximum atomic E-state index is 5.05. The van der Waals surface area contributed by atoms with Gasteiger partial charge in [0.15, 0.2) is 17.5 Å². The zero-order valence-electron chi connectivity index (χ0n) is 28.1. The molecule has 2 heterocycles. The molecule has 0 unspecified atom stereocenters. The van der Waals surface area contributed by atoms with Gasteiger partial charge in [0.05, 0.1) is 11.4 Å². The van der Waals surface area contributed by atoms with Crippen LogP contribution in [0.5, 0.6) is 0 Å². The maximum Gasteiger partial charge on any atom is 0.164 e. The van der Waals surface area contributed by atoms with Gasteiger partial charge in [-0.05, 0) is 63.7 Å². The highest BCUT2D eigenvalue weighted by molar-refractivity contribution is 5.92. The van der Waals surface area contributed by atoms with Crippen molar-refractivity contribution in [3.05, 3.63) is 168 Å². The van der Waals surface area contributed by atoms with E-state index in [0.29, 0.717) is 17.5 Å². The average molecular weight is 633 g/mol. The number of benzene rings is 6. The van der Waals surface area contributed by atoms with Gasteiger partial charge in [-0.15, -0.1) is 0 Å². The molecule has 236 valence electrons. The standard InChI is InChI=1S/C45H36N4/c1-44(2)35-23-12-11-22-33(35)34-27-38-40(28-37(34)44)49(39-25-14-13-24-36(39)45(38,3)4)32-21-15-20-31(26-32)43-47-41(29-16-7-5-8-17-29)46-42(48-43)30-18-9-6-10-19-30/h5-28H,1-4H3. The van der Waals surface area contributed by atoms with Crippen LogP contribution in [0.25, 0.3) is 45.3 Å². The van der Waals surface area contributed by atoms with E-state index >= 15 is 0 Å². The molecule has 0 bridgehead atoms. The molecule has 4 heteroatoms. The zero-order chi connectivity index (χ0) is 33.3. The van der Waals surface area contributed by atoms with Gasteiger partial charge in [0.25, 0.3) is 0 Å². The summed E-state index contributed by atoms with van der Waals surface area (Å²) in [5, 5.41) is 0. The Balaban J connectivity index is 1.25. The first-order valence-corrected chi connectivity index (χ1v) is 17.0. The summed E-state index contributed by atoms with van der Waals surface area (Å²) in [5.41, 5.74) is 14.1. The van der Waals surface area contributed by atoms with Crippen LogP contribution in [0.3, 0.4) is 0 Å². The van der Waals surface area contributed by atoms with Gasteiger partial charge in [-0.25, -0.2) is 15.0 Å². The predicted octanol–water partition coefficient (Wildman–Crippen LogP) is 11.3. The van der Waals surface area contributed by atoms with Crippen molar-refractivity contribution in [2.75, 3.05) is 4.90 Å². The van der Waals surface area contributed by atoms with Crippen molar-refractivity contribution in [2.45, 2.75) is 38.5 Å². The quantitative estimate of drug-likeness (QED) is 0.194. The van der Waals surface area contributed by atoms with E-state index in [1.165, 1.54) is 44.8 Å². The summed E-state index contributed by atoms with van der Waals surface area (Å²) in [5.74, 6) is 1.95. The first-order chi connectivity index (χ1) is 23.8. The van der Waals surface area contributed by atoms with E-state index in [-0.39, 0.29) is 10.8 Å². The average Bonchev–Trinajstić information content (AvgIpc) is 3.37. The molecule has 49 heavy (non-hydrogen) atoms. The molecule has 0 atom stereocenters. The molecule has 0 fully saturated rings. The number of hydrogen-bond acceptors (Lipinski definition) is 4. The maximum absolute atomic E-state index is 5.05. The van der Waals surface area contributed by atoms with Gasteiger partial charge in [0.2, 0.25) is 0 Å². The van der Waals surface area contributed by atoms with E-state index in [2.05, 4.69) is 118 Å². The number of rotatable bonds is 4. The molecule has 6 aromatic carbocycles. The van der Waals surface area contributed by atoms with Crippen LogP contribution in [-0.4, -0.2) is 15.0 Å². The molecular formula is C45H36N4. The van der Waals surface area contributed by atoms with E-state index in [9.17, 15) is 0 Å². The lowest BCUT2D eigenvalue weighted by molar-refractivity contribution is 0.627. The molecule has 1 aliphatic heterocycles. The van der Waals surface area contributed by atoms with Crippen LogP contribution in [0.1, 0.15) is 49.9 Å². The van der Waals surface area contributed by atoms with Gasteiger partial charge >= 0.3 is 0 Å². The van der Waals surface area contributed by atoms with E-state index < -0.39 is 0 Å². The Morgan fingerprint density at radius 3 is 1.59 bits per heavy atom. The van der Waals surface area contributed by atoms with Crippen LogP contribution in [0.15, 0.2) is 146 Å². The smallest absolute Gasteiger partial charge is 0.164 e. The van der Waals surface area contributed by atoms with Gasteiger partial charge in [-0.2, -0.15) is 0 Å². The Labute approximate surface area is 287 Å². The largest absolute Gasteiger partial charge is 0.310 e. The Morgan fingerprint density at radius 2 is 0.918 bits per heavy atom. The van der Waals surface area contributed by atoms with E-state index in [1.807, 2.05) is 60.7 Å². The SMILES string of the molecule is CC1(C)c2ccccc2-c2cc3c(cc21)N(c1cccc(-c2nc(-c4ccccc4)nc(-c4ccccc4)n2)c1)c1ccccc1C3(C)C. The Morgan fingerprint density at radius 1 is 0.388 bits per heavy atom. The van der Waals surface area contributed by atoms with Crippen molar-refractivity contribution < 1.29 is 0 Å². The fourth-order valence-corrected chi connectivity index (χ4v) is 7.89. The number of hydrogen-bond donors (Lipinski definition) is 0. The molecule has 0 saturated carbocycles. The summed E-state index contributed by atoms with van der Waals surface area (Å²) < 4.78 is 0. The minimum atomic E-state index is -0.194. The fourth-order valence-electron chi connectivity index (χ4n) is 7.89. The second-order valence-corrected chi connectivity index (χ2v) is 14.2. The fraction of sp³-hybridized carbons (Fsp3) is 0.133. The van der Waals surface area contributed by atoms with Gasteiger partial charge in [0.1, 0.15) is 0 Å². The third kappa shape index (κ3) is 4.55. The number of anilines is 3. The molecule has 7 aromatic rings. The monoisotopic (exact) mass is 632 g/mol. The first-order valence-electron chi connectivity index (χ1n) is 17.0. The van der Waals surface area contributed by atoms with Gasteiger partial charge < -0.3 is 4.90 Å². The van der Waals surface area contributed by atoms with Crippen LogP contribution in [0.2, 0.25) is 0 Å². The Hall–Kier alpha value is -5.87. The number of para-hydroxylation sites is 1. The third-order valence-electron chi connectivity index (χ3n) is 10.5. The summed E-state index contributed by atoms with van der Waals surface area (Å²) >= 11 is 0. The molecule has 2 aliphatic rings. The number of nitrogens with zero attached hydrogens (tertiary/aromatic N) is 4. The van der Waals surface area contributed by atoms with Crippen molar-refractivity contribution in [2.24, 2.45) is 0 Å². The molecular weight excluding hydrogens is 597 g/mol. The van der Waals surface area contributed by atoms with Crippen LogP contribution >= 0.6 is 0 Å². The molecule has 0 saturated heterocycles. The Bertz CT molecular complexity index is 2330. The highest BCUT2D eigenvalue weighted by atomic mass is 15.2. The lowest BCUT2D eigenvalue weighted by Gasteiger charge is -2.43. The molecule has 1 aromatic heterocycles. The van der Waals surface area contributed by atoms with Crippen LogP contribution < -0.4 is 4.90 Å². The number of fused-ring (bicyclic) bond motifs is 5. The lowest BCUT2D eigenvalue weighted by Crippen LogP contribution is -2.31. The van der Waals surface area contributed by atoms with Crippen LogP contribution in [0, 0.1) is 0 Å². The van der Waals surface area contributed by atoms with Gasteiger partial charge in [0, 0.05) is 33.2 Å². The van der Waals surface area contributed by atoms with E-state index in [0.717, 1.165) is 22.4 Å². The lowest BCUT2D eigenvalue weighted by atomic mass is 9.72. The van der Waals surface area contributed by atoms with Crippen molar-refractivity contribution in [1.82, 2.24) is 15.0 Å². The normalized spacial score (nSPS) is 14.8. The van der Waals surface area contributed by atoms with Gasteiger partial charge in [-0.1, -0.05) is 143 Å². The summed E-state index contributed by atoms with van der Waals surface area (Å²) in [4.78, 5) is 17.5. The van der Waals surface area contributed by atoms with Crippen molar-refractivity contribution >= 4 is 17.1 Å². The zero-order valence-corrected chi connectivity index (χ0v) is 28.1. The molecule has 9 rings (SSSR count). The number of aromatic nitrogens is 3. The minimum absolute atomic E-state index is 0.109. The van der Waals surface area contributed by atoms with E-state index in [4.69, 9.17) is 15.0 Å². The van der Waals surface area contributed by atoms with E-state index in [1.54, 1.807) is 0 Å². The summed E-state index contributed by atoms with van der Waals surface area (Å²) in [6.45, 7) is 9.43. The highest BCUT2D eigenvalue weighted by Gasteiger charge is 2.42. The van der Waals surface area contributed by atoms with Crippen molar-refractivity contribution in [1.29, 1.82) is 0 Å². The summed E-state index contributed by atoms with van der Waals surface area (Å²) in [7, 11) is 0. The van der Waals surface area contributed by atoms with Gasteiger partial charge in [-0.3, -0.25) is 0 Å². The van der Waals surface area contributed by atoms with Crippen molar-refractivity contribution in [3.63, 3.8) is 0 Å². The summed E-state index contributed by atoms with van der Waals surface area (Å²) in [6, 6.07) is 51.6. The van der Waals surface area contributed by atoms with Crippen LogP contribution in [-0.2, 0) is 10.8 Å². The third-order valence-corrected chi connectivity index (χ3v) is 10.5. The topological polar surface area (TPSA) is 41.9 Å². The van der Waals surface area contributed by atoms with Crippen molar-refractivity contribution in [3.8, 4) is 45.3 Å². The molecule has 0 amide bonds. The molecule has 0 spiro atoms. The van der Waals surface area contributed by atoms with Crippen LogP contribution in [0.4, 0.5) is 17.1 Å². The molecule has 0 N–H and O–H groups in total.